The van der Waals surface area contributed by atoms with E-state index in [2.05, 4.69) is 14.2 Å². The zero-order chi connectivity index (χ0) is 21.4. The lowest BCUT2D eigenvalue weighted by atomic mass is 9.97. The van der Waals surface area contributed by atoms with E-state index in [9.17, 15) is 28.8 Å². The highest BCUT2D eigenvalue weighted by atomic mass is 16.6. The van der Waals surface area contributed by atoms with Crippen LogP contribution in [0.15, 0.2) is 0 Å². The average molecular weight is 390 g/mol. The van der Waals surface area contributed by atoms with Gasteiger partial charge in [0.25, 0.3) is 0 Å². The SMILES string of the molecule is CCC(CC(=O)OC)C(=O)C(=O)O.CCCC(=O)C(=O)OCC(=O)OCC. The topological polar surface area (TPSA) is 150 Å². The summed E-state index contributed by atoms with van der Waals surface area (Å²) in [5, 5.41) is 8.37. The van der Waals surface area contributed by atoms with E-state index >= 15 is 0 Å². The van der Waals surface area contributed by atoms with Crippen molar-refractivity contribution in [2.75, 3.05) is 20.3 Å². The molecule has 0 bridgehead atoms. The maximum absolute atomic E-state index is 10.9. The van der Waals surface area contributed by atoms with Crippen LogP contribution in [0.1, 0.15) is 46.5 Å². The molecular weight excluding hydrogens is 364 g/mol. The van der Waals surface area contributed by atoms with Crippen LogP contribution in [0.2, 0.25) is 0 Å². The van der Waals surface area contributed by atoms with Crippen LogP contribution in [0.5, 0.6) is 0 Å². The third-order valence-electron chi connectivity index (χ3n) is 3.05. The summed E-state index contributed by atoms with van der Waals surface area (Å²) in [7, 11) is 1.19. The van der Waals surface area contributed by atoms with Crippen LogP contribution < -0.4 is 0 Å². The molecule has 154 valence electrons. The summed E-state index contributed by atoms with van der Waals surface area (Å²) in [5.74, 6) is -6.02. The Hall–Kier alpha value is -2.78. The number of ether oxygens (including phenoxy) is 3. The first-order valence-corrected chi connectivity index (χ1v) is 8.33. The van der Waals surface area contributed by atoms with E-state index < -0.39 is 48.0 Å². The molecular formula is C17H26O10. The van der Waals surface area contributed by atoms with Gasteiger partial charge < -0.3 is 19.3 Å². The second kappa shape index (κ2) is 15.5. The van der Waals surface area contributed by atoms with Gasteiger partial charge in [-0.05, 0) is 19.8 Å². The third kappa shape index (κ3) is 13.1. The first-order chi connectivity index (χ1) is 12.6. The van der Waals surface area contributed by atoms with Crippen LogP contribution in [0.4, 0.5) is 0 Å². The molecule has 1 atom stereocenters. The molecule has 0 radical (unpaired) electrons. The van der Waals surface area contributed by atoms with Crippen LogP contribution in [-0.4, -0.2) is 60.9 Å². The Morgan fingerprint density at radius 2 is 1.52 bits per heavy atom. The van der Waals surface area contributed by atoms with Crippen LogP contribution >= 0.6 is 0 Å². The van der Waals surface area contributed by atoms with Gasteiger partial charge in [-0.25, -0.2) is 14.4 Å². The summed E-state index contributed by atoms with van der Waals surface area (Å²) >= 11 is 0. The molecule has 1 N–H and O–H groups in total. The number of esters is 3. The number of hydrogen-bond acceptors (Lipinski definition) is 9. The monoisotopic (exact) mass is 390 g/mol. The fourth-order valence-corrected chi connectivity index (χ4v) is 1.62. The van der Waals surface area contributed by atoms with Gasteiger partial charge in [-0.3, -0.25) is 14.4 Å². The lowest BCUT2D eigenvalue weighted by Crippen LogP contribution is -2.25. The number of rotatable bonds is 11. The van der Waals surface area contributed by atoms with Crippen LogP contribution in [0, 0.1) is 5.92 Å². The summed E-state index contributed by atoms with van der Waals surface area (Å²) in [6.07, 6.45) is 0.868. The van der Waals surface area contributed by atoms with E-state index in [1.807, 2.05) is 0 Å². The highest BCUT2D eigenvalue weighted by molar-refractivity contribution is 6.34. The first-order valence-electron chi connectivity index (χ1n) is 8.33. The normalized spacial score (nSPS) is 10.5. The number of Topliss-reactive ketones (excluding diaryl/α,β-unsaturated/α-hetero) is 2. The van der Waals surface area contributed by atoms with Gasteiger partial charge >= 0.3 is 23.9 Å². The summed E-state index contributed by atoms with van der Waals surface area (Å²) in [4.78, 5) is 64.4. The molecule has 0 aromatic rings. The van der Waals surface area contributed by atoms with E-state index in [-0.39, 0.29) is 19.4 Å². The minimum Gasteiger partial charge on any atom is -0.475 e. The van der Waals surface area contributed by atoms with Crippen molar-refractivity contribution < 1.29 is 48.1 Å². The molecule has 0 aromatic carbocycles. The van der Waals surface area contributed by atoms with Gasteiger partial charge in [0.05, 0.1) is 20.1 Å². The Bertz CT molecular complexity index is 538. The molecule has 0 saturated heterocycles. The highest BCUT2D eigenvalue weighted by Gasteiger charge is 2.25. The van der Waals surface area contributed by atoms with Crippen molar-refractivity contribution in [2.45, 2.75) is 46.5 Å². The third-order valence-corrected chi connectivity index (χ3v) is 3.05. The lowest BCUT2D eigenvalue weighted by molar-refractivity contribution is -0.162. The Balaban J connectivity index is 0. The van der Waals surface area contributed by atoms with E-state index in [4.69, 9.17) is 5.11 Å². The summed E-state index contributed by atoms with van der Waals surface area (Å²) in [6.45, 7) is 4.79. The summed E-state index contributed by atoms with van der Waals surface area (Å²) in [5.41, 5.74) is 0. The molecule has 0 amide bonds. The molecule has 27 heavy (non-hydrogen) atoms. The largest absolute Gasteiger partial charge is 0.475 e. The molecule has 0 heterocycles. The first kappa shape index (κ1) is 26.4. The molecule has 10 nitrogen and oxygen atoms in total. The molecule has 0 spiro atoms. The predicted octanol–water partition coefficient (Wildman–Crippen LogP) is 0.691. The number of methoxy groups -OCH3 is 1. The number of carbonyl (C=O) groups is 6. The minimum atomic E-state index is -1.50. The summed E-state index contributed by atoms with van der Waals surface area (Å²) < 4.78 is 13.2. The molecule has 1 unspecified atom stereocenters. The second-order valence-corrected chi connectivity index (χ2v) is 5.11. The van der Waals surface area contributed by atoms with E-state index in [0.29, 0.717) is 12.8 Å². The standard InChI is InChI=1S/C9H14O5.C8H12O5/c1-3-5-7(10)9(12)14-6-8(11)13-4-2;1-3-5(4-6(9)13-2)7(10)8(11)12/h3-6H2,1-2H3;5H,3-4H2,1-2H3,(H,11,12). The molecule has 0 aliphatic rings. The van der Waals surface area contributed by atoms with Crippen molar-refractivity contribution in [2.24, 2.45) is 5.92 Å². The molecule has 0 saturated carbocycles. The van der Waals surface area contributed by atoms with Gasteiger partial charge in [-0.15, -0.1) is 0 Å². The van der Waals surface area contributed by atoms with Crippen molar-refractivity contribution >= 4 is 35.4 Å². The number of carbonyl (C=O) groups excluding carboxylic acids is 5. The number of carboxylic acids is 1. The van der Waals surface area contributed by atoms with Gasteiger partial charge in [-0.1, -0.05) is 13.8 Å². The predicted molar refractivity (Wildman–Crippen MR) is 90.6 cm³/mol. The number of ketones is 2. The van der Waals surface area contributed by atoms with Crippen molar-refractivity contribution in [3.8, 4) is 0 Å². The average Bonchev–Trinajstić information content (AvgIpc) is 2.64. The van der Waals surface area contributed by atoms with Gasteiger partial charge in [0.2, 0.25) is 11.6 Å². The van der Waals surface area contributed by atoms with E-state index in [1.54, 1.807) is 20.8 Å². The highest BCUT2D eigenvalue weighted by Crippen LogP contribution is 2.10. The molecule has 0 aromatic heterocycles. The van der Waals surface area contributed by atoms with Crippen molar-refractivity contribution in [1.29, 1.82) is 0 Å². The van der Waals surface area contributed by atoms with Gasteiger partial charge in [-0.2, -0.15) is 0 Å². The van der Waals surface area contributed by atoms with Gasteiger partial charge in [0.1, 0.15) is 0 Å². The van der Waals surface area contributed by atoms with E-state index in [0.717, 1.165) is 0 Å². The van der Waals surface area contributed by atoms with Crippen LogP contribution in [0.3, 0.4) is 0 Å². The molecule has 10 heteroatoms. The number of hydrogen-bond donors (Lipinski definition) is 1. The zero-order valence-corrected chi connectivity index (χ0v) is 15.9. The molecule has 0 aliphatic heterocycles. The van der Waals surface area contributed by atoms with E-state index in [1.165, 1.54) is 7.11 Å². The van der Waals surface area contributed by atoms with Crippen LogP contribution in [-0.2, 0) is 43.0 Å². The maximum atomic E-state index is 10.9. The van der Waals surface area contributed by atoms with Crippen LogP contribution in [0.25, 0.3) is 0 Å². The molecule has 0 fully saturated rings. The summed E-state index contributed by atoms with van der Waals surface area (Å²) in [6, 6.07) is 0. The van der Waals surface area contributed by atoms with Gasteiger partial charge in [0.15, 0.2) is 6.61 Å². The second-order valence-electron chi connectivity index (χ2n) is 5.11. The van der Waals surface area contributed by atoms with Crippen molar-refractivity contribution in [3.05, 3.63) is 0 Å². The minimum absolute atomic E-state index is 0.141. The quantitative estimate of drug-likeness (QED) is 0.303. The Labute approximate surface area is 157 Å². The Morgan fingerprint density at radius 1 is 0.926 bits per heavy atom. The fourth-order valence-electron chi connectivity index (χ4n) is 1.62. The van der Waals surface area contributed by atoms with Crippen molar-refractivity contribution in [1.82, 2.24) is 0 Å². The Kier molecular flexibility index (Phi) is 15.2. The smallest absolute Gasteiger partial charge is 0.375 e. The molecule has 0 rings (SSSR count). The lowest BCUT2D eigenvalue weighted by Gasteiger charge is -2.08. The van der Waals surface area contributed by atoms with Gasteiger partial charge in [0, 0.05) is 12.3 Å². The number of carboxylic acid groups (broad SMARTS) is 1. The maximum Gasteiger partial charge on any atom is 0.375 e. The van der Waals surface area contributed by atoms with Crippen molar-refractivity contribution in [3.63, 3.8) is 0 Å². The zero-order valence-electron chi connectivity index (χ0n) is 15.9. The fraction of sp³-hybridized carbons (Fsp3) is 0.647. The molecule has 0 aliphatic carbocycles. The number of aliphatic carboxylic acids is 1. The Morgan fingerprint density at radius 3 is 1.93 bits per heavy atom.